The third-order valence-corrected chi connectivity index (χ3v) is 7.33. The molecule has 0 saturated heterocycles. The molecule has 8 nitrogen and oxygen atoms in total. The van der Waals surface area contributed by atoms with Gasteiger partial charge in [-0.05, 0) is 74.8 Å². The predicted octanol–water partition coefficient (Wildman–Crippen LogP) is 5.67. The summed E-state index contributed by atoms with van der Waals surface area (Å²) in [6.45, 7) is 11.6. The number of hydrogen-bond donors (Lipinski definition) is 2. The highest BCUT2D eigenvalue weighted by Crippen LogP contribution is 2.37. The fourth-order valence-corrected chi connectivity index (χ4v) is 4.91. The van der Waals surface area contributed by atoms with Crippen LogP contribution in [-0.4, -0.2) is 36.8 Å². The lowest BCUT2D eigenvalue weighted by molar-refractivity contribution is 0.102. The van der Waals surface area contributed by atoms with E-state index in [1.54, 1.807) is 10.7 Å². The van der Waals surface area contributed by atoms with Crippen molar-refractivity contribution in [1.82, 2.24) is 24.4 Å². The summed E-state index contributed by atoms with van der Waals surface area (Å²) in [6, 6.07) is 2.25. The second-order valence-corrected chi connectivity index (χ2v) is 10.4. The van der Waals surface area contributed by atoms with Crippen molar-refractivity contribution >= 4 is 28.6 Å². The van der Waals surface area contributed by atoms with Crippen LogP contribution in [0.4, 0.5) is 11.5 Å². The number of anilines is 2. The van der Waals surface area contributed by atoms with Crippen LogP contribution >= 0.6 is 0 Å². The van der Waals surface area contributed by atoms with Gasteiger partial charge >= 0.3 is 0 Å². The molecule has 0 spiro atoms. The zero-order chi connectivity index (χ0) is 23.8. The lowest BCUT2D eigenvalue weighted by Crippen LogP contribution is -2.21. The van der Waals surface area contributed by atoms with Gasteiger partial charge in [-0.25, -0.2) is 9.50 Å². The second kappa shape index (κ2) is 9.24. The first-order chi connectivity index (χ1) is 16.4. The van der Waals surface area contributed by atoms with Gasteiger partial charge in [-0.15, -0.1) is 0 Å². The summed E-state index contributed by atoms with van der Waals surface area (Å²) in [5.41, 5.74) is 3.22. The Balaban J connectivity index is 0.00000289. The third kappa shape index (κ3) is 4.72. The topological polar surface area (TPSA) is 89.1 Å². The van der Waals surface area contributed by atoms with E-state index in [1.807, 2.05) is 30.1 Å². The Bertz CT molecular complexity index is 1200. The standard InChI is InChI=1S/C26H35N7O.H2/c1-16(2)19-7-9-20(10-8-19)33-15-22(24(31-33)17(3)4)29-26(34)21-14-28-32-12-11-23(30-25(21)32)27-13-18-5-6-18;/h11-12,14-16,18-20H,3,5-10,13H2,1-2,4H3,(H,27,30)(H,29,34);1H. The number of nitrogens with one attached hydrogen (secondary N) is 2. The van der Waals surface area contributed by atoms with E-state index in [4.69, 9.17) is 5.10 Å². The fourth-order valence-electron chi connectivity index (χ4n) is 4.91. The summed E-state index contributed by atoms with van der Waals surface area (Å²) in [5.74, 6) is 2.78. The minimum absolute atomic E-state index is 0. The molecule has 1 amide bonds. The molecule has 0 aromatic carbocycles. The molecule has 2 fully saturated rings. The zero-order valence-corrected chi connectivity index (χ0v) is 20.4. The minimum atomic E-state index is -0.243. The molecule has 0 aliphatic heterocycles. The fraction of sp³-hybridized carbons (Fsp3) is 0.538. The molecule has 2 aliphatic carbocycles. The van der Waals surface area contributed by atoms with Crippen molar-refractivity contribution in [3.8, 4) is 0 Å². The van der Waals surface area contributed by atoms with Crippen LogP contribution in [0.1, 0.15) is 82.8 Å². The maximum absolute atomic E-state index is 13.3. The molecule has 3 heterocycles. The first kappa shape index (κ1) is 22.6. The highest BCUT2D eigenvalue weighted by Gasteiger charge is 2.26. The van der Waals surface area contributed by atoms with Crippen LogP contribution in [0.3, 0.4) is 0 Å². The number of hydrogen-bond acceptors (Lipinski definition) is 5. The van der Waals surface area contributed by atoms with Crippen molar-refractivity contribution in [1.29, 1.82) is 0 Å². The lowest BCUT2D eigenvalue weighted by Gasteiger charge is -2.30. The number of nitrogens with zero attached hydrogens (tertiary/aromatic N) is 5. The summed E-state index contributed by atoms with van der Waals surface area (Å²) < 4.78 is 3.66. The van der Waals surface area contributed by atoms with Gasteiger partial charge in [0, 0.05) is 20.4 Å². The van der Waals surface area contributed by atoms with Crippen molar-refractivity contribution in [3.63, 3.8) is 0 Å². The average Bonchev–Trinajstić information content (AvgIpc) is 3.40. The summed E-state index contributed by atoms with van der Waals surface area (Å²) >= 11 is 0. The zero-order valence-electron chi connectivity index (χ0n) is 20.4. The second-order valence-electron chi connectivity index (χ2n) is 10.4. The monoisotopic (exact) mass is 463 g/mol. The van der Waals surface area contributed by atoms with Crippen molar-refractivity contribution in [3.05, 3.63) is 42.5 Å². The van der Waals surface area contributed by atoms with Crippen molar-refractivity contribution in [2.24, 2.45) is 17.8 Å². The molecule has 5 rings (SSSR count). The van der Waals surface area contributed by atoms with Gasteiger partial charge in [-0.1, -0.05) is 20.4 Å². The Morgan fingerprint density at radius 1 is 1.24 bits per heavy atom. The maximum Gasteiger partial charge on any atom is 0.261 e. The summed E-state index contributed by atoms with van der Waals surface area (Å²) in [6.07, 6.45) is 12.6. The van der Waals surface area contributed by atoms with Gasteiger partial charge < -0.3 is 10.6 Å². The molecule has 3 aromatic heterocycles. The largest absolute Gasteiger partial charge is 0.370 e. The van der Waals surface area contributed by atoms with E-state index in [-0.39, 0.29) is 7.33 Å². The molecule has 182 valence electrons. The summed E-state index contributed by atoms with van der Waals surface area (Å²) in [5, 5.41) is 15.6. The number of fused-ring (bicyclic) bond motifs is 1. The Kier molecular flexibility index (Phi) is 6.15. The van der Waals surface area contributed by atoms with E-state index in [1.165, 1.54) is 25.7 Å². The van der Waals surface area contributed by atoms with Crippen LogP contribution in [0.2, 0.25) is 0 Å². The maximum atomic E-state index is 13.3. The van der Waals surface area contributed by atoms with Crippen LogP contribution in [0.15, 0.2) is 31.2 Å². The molecule has 0 bridgehead atoms. The molecule has 2 aliphatic rings. The molecule has 0 unspecified atom stereocenters. The van der Waals surface area contributed by atoms with Crippen LogP contribution in [-0.2, 0) is 0 Å². The van der Waals surface area contributed by atoms with Crippen LogP contribution in [0.25, 0.3) is 11.2 Å². The molecule has 2 saturated carbocycles. The van der Waals surface area contributed by atoms with E-state index in [0.717, 1.165) is 54.2 Å². The van der Waals surface area contributed by atoms with E-state index in [9.17, 15) is 4.79 Å². The molecule has 34 heavy (non-hydrogen) atoms. The average molecular weight is 464 g/mol. The summed E-state index contributed by atoms with van der Waals surface area (Å²) in [4.78, 5) is 17.9. The number of aromatic nitrogens is 5. The number of rotatable bonds is 8. The minimum Gasteiger partial charge on any atom is -0.370 e. The van der Waals surface area contributed by atoms with Crippen molar-refractivity contribution in [2.45, 2.75) is 65.3 Å². The summed E-state index contributed by atoms with van der Waals surface area (Å²) in [7, 11) is 0. The van der Waals surface area contributed by atoms with Gasteiger partial charge in [0.05, 0.1) is 17.9 Å². The molecular formula is C26H37N7O. The van der Waals surface area contributed by atoms with Gasteiger partial charge in [0.25, 0.3) is 5.91 Å². The van der Waals surface area contributed by atoms with Crippen molar-refractivity contribution in [2.75, 3.05) is 17.2 Å². The molecule has 0 radical (unpaired) electrons. The van der Waals surface area contributed by atoms with Crippen molar-refractivity contribution < 1.29 is 6.22 Å². The number of carbonyl (C=O) groups is 1. The Hall–Kier alpha value is -3.16. The van der Waals surface area contributed by atoms with Gasteiger partial charge in [0.15, 0.2) is 5.65 Å². The normalized spacial score (nSPS) is 20.6. The third-order valence-electron chi connectivity index (χ3n) is 7.33. The quantitative estimate of drug-likeness (QED) is 0.449. The predicted molar refractivity (Wildman–Crippen MR) is 137 cm³/mol. The van der Waals surface area contributed by atoms with E-state index < -0.39 is 0 Å². The smallest absolute Gasteiger partial charge is 0.261 e. The lowest BCUT2D eigenvalue weighted by atomic mass is 9.80. The molecule has 3 aromatic rings. The molecule has 2 N–H and O–H groups in total. The van der Waals surface area contributed by atoms with Crippen LogP contribution in [0.5, 0.6) is 0 Å². The van der Waals surface area contributed by atoms with Crippen LogP contribution < -0.4 is 10.6 Å². The van der Waals surface area contributed by atoms with Gasteiger partial charge in [-0.3, -0.25) is 9.48 Å². The highest BCUT2D eigenvalue weighted by atomic mass is 16.1. The van der Waals surface area contributed by atoms with E-state index in [2.05, 4.69) is 41.1 Å². The van der Waals surface area contributed by atoms with Gasteiger partial charge in [-0.2, -0.15) is 10.2 Å². The van der Waals surface area contributed by atoms with E-state index in [0.29, 0.717) is 22.9 Å². The first-order valence-corrected chi connectivity index (χ1v) is 12.5. The van der Waals surface area contributed by atoms with E-state index >= 15 is 0 Å². The number of amides is 1. The van der Waals surface area contributed by atoms with Gasteiger partial charge in [0.1, 0.15) is 17.1 Å². The van der Waals surface area contributed by atoms with Crippen LogP contribution in [0, 0.1) is 17.8 Å². The Morgan fingerprint density at radius 2 is 2.00 bits per heavy atom. The first-order valence-electron chi connectivity index (χ1n) is 12.5. The highest BCUT2D eigenvalue weighted by molar-refractivity contribution is 6.09. The van der Waals surface area contributed by atoms with Gasteiger partial charge in [0.2, 0.25) is 0 Å². The number of allylic oxidation sites excluding steroid dienone is 1. The Labute approximate surface area is 202 Å². The molecule has 8 heteroatoms. The SMILES string of the molecule is C=C(C)c1nn(C2CCC(C(C)C)CC2)cc1NC(=O)c1cnn2ccc(NCC3CC3)nc12.[HH]. The number of carbonyl (C=O) groups excluding carboxylic acids is 1. The molecule has 0 atom stereocenters. The Morgan fingerprint density at radius 3 is 2.68 bits per heavy atom. The molecular weight excluding hydrogens is 426 g/mol.